The van der Waals surface area contributed by atoms with E-state index in [9.17, 15) is 17.6 Å². The van der Waals surface area contributed by atoms with E-state index in [-0.39, 0.29) is 16.7 Å². The summed E-state index contributed by atoms with van der Waals surface area (Å²) in [5.74, 6) is 9.41. The van der Waals surface area contributed by atoms with Gasteiger partial charge in [0.25, 0.3) is 0 Å². The molecule has 5 rings (SSSR count). The van der Waals surface area contributed by atoms with Crippen LogP contribution < -0.4 is 0 Å². The minimum atomic E-state index is -0.880. The van der Waals surface area contributed by atoms with Crippen molar-refractivity contribution in [3.63, 3.8) is 0 Å². The van der Waals surface area contributed by atoms with E-state index in [1.807, 2.05) is 43.3 Å². The molecule has 0 amide bonds. The minimum absolute atomic E-state index is 0.0821. The highest BCUT2D eigenvalue weighted by Gasteiger charge is 2.18. The lowest BCUT2D eigenvalue weighted by Gasteiger charge is -2.26. The minimum Gasteiger partial charge on any atom is -0.203 e. The molecule has 0 saturated heterocycles. The maximum absolute atomic E-state index is 13.8. The molecule has 0 atom stereocenters. The zero-order chi connectivity index (χ0) is 30.9. The second kappa shape index (κ2) is 14.8. The summed E-state index contributed by atoms with van der Waals surface area (Å²) in [6, 6.07) is 21.8. The molecule has 0 aliphatic heterocycles. The number of halogens is 4. The van der Waals surface area contributed by atoms with Gasteiger partial charge in [0.1, 0.15) is 0 Å². The first-order chi connectivity index (χ1) is 20.6. The van der Waals surface area contributed by atoms with Crippen molar-refractivity contribution >= 4 is 0 Å². The maximum Gasteiger partial charge on any atom is 0.174 e. The van der Waals surface area contributed by atoms with Crippen LogP contribution in [0.1, 0.15) is 77.1 Å². The van der Waals surface area contributed by atoms with Gasteiger partial charge in [-0.1, -0.05) is 85.4 Å². The second-order valence-electron chi connectivity index (χ2n) is 11.5. The Hall–Kier alpha value is -4.28. The molecule has 0 radical (unpaired) electrons. The first-order valence-electron chi connectivity index (χ1n) is 14.7. The first kappa shape index (κ1) is 31.7. The van der Waals surface area contributed by atoms with Gasteiger partial charge < -0.3 is 0 Å². The number of benzene rings is 4. The molecule has 4 aromatic rings. The molecule has 43 heavy (non-hydrogen) atoms. The van der Waals surface area contributed by atoms with E-state index in [0.29, 0.717) is 5.56 Å². The summed E-state index contributed by atoms with van der Waals surface area (Å²) in [4.78, 5) is 0. The summed E-state index contributed by atoms with van der Waals surface area (Å²) in [5, 5.41) is 0. The van der Waals surface area contributed by atoms with Crippen molar-refractivity contribution in [3.05, 3.63) is 141 Å². The summed E-state index contributed by atoms with van der Waals surface area (Å²) >= 11 is 0. The number of rotatable bonds is 2. The number of hydrogen-bond acceptors (Lipinski definition) is 0. The van der Waals surface area contributed by atoms with Gasteiger partial charge in [-0.25, -0.2) is 17.6 Å². The third kappa shape index (κ3) is 8.86. The molecular weight excluding hydrogens is 544 g/mol. The Morgan fingerprint density at radius 3 is 1.44 bits per heavy atom. The maximum atomic E-state index is 13.8. The van der Waals surface area contributed by atoms with Crippen LogP contribution >= 0.6 is 0 Å². The fourth-order valence-electron chi connectivity index (χ4n) is 4.99. The third-order valence-electron chi connectivity index (χ3n) is 7.90. The predicted molar refractivity (Wildman–Crippen MR) is 167 cm³/mol. The fraction of sp³-hybridized carbons (Fsp3) is 0.282. The highest BCUT2D eigenvalue weighted by Crippen LogP contribution is 2.30. The summed E-state index contributed by atoms with van der Waals surface area (Å²) in [5.41, 5.74) is 4.83. The Kier molecular flexibility index (Phi) is 10.9. The lowest BCUT2D eigenvalue weighted by molar-refractivity contribution is 0.289. The molecule has 1 aliphatic carbocycles. The molecule has 0 bridgehead atoms. The van der Waals surface area contributed by atoms with Crippen LogP contribution in [-0.2, 0) is 6.42 Å². The Bertz CT molecular complexity index is 1670. The number of hydrogen-bond donors (Lipinski definition) is 0. The highest BCUT2D eigenvalue weighted by molar-refractivity contribution is 5.46. The van der Waals surface area contributed by atoms with Crippen molar-refractivity contribution < 1.29 is 17.6 Å². The molecule has 0 heterocycles. The van der Waals surface area contributed by atoms with Gasteiger partial charge in [-0.05, 0) is 105 Å². The van der Waals surface area contributed by atoms with Crippen LogP contribution in [0.25, 0.3) is 0 Å². The van der Waals surface area contributed by atoms with Gasteiger partial charge in [0, 0.05) is 11.1 Å². The molecular formula is C39H36F4. The topological polar surface area (TPSA) is 0 Å². The van der Waals surface area contributed by atoms with Crippen molar-refractivity contribution in [1.82, 2.24) is 0 Å². The Morgan fingerprint density at radius 1 is 0.535 bits per heavy atom. The second-order valence-corrected chi connectivity index (χ2v) is 11.5. The molecule has 0 N–H and O–H groups in total. The van der Waals surface area contributed by atoms with Crippen LogP contribution in [0.5, 0.6) is 0 Å². The molecule has 1 fully saturated rings. The van der Waals surface area contributed by atoms with Gasteiger partial charge >= 0.3 is 0 Å². The van der Waals surface area contributed by atoms with E-state index in [1.54, 1.807) is 13.0 Å². The van der Waals surface area contributed by atoms with Crippen molar-refractivity contribution in [2.45, 2.75) is 59.8 Å². The Morgan fingerprint density at radius 2 is 0.977 bits per heavy atom. The van der Waals surface area contributed by atoms with E-state index >= 15 is 0 Å². The van der Waals surface area contributed by atoms with Gasteiger partial charge in [-0.2, -0.15) is 0 Å². The monoisotopic (exact) mass is 580 g/mol. The van der Waals surface area contributed by atoms with Crippen LogP contribution in [0.3, 0.4) is 0 Å². The smallest absolute Gasteiger partial charge is 0.174 e. The molecule has 1 saturated carbocycles. The van der Waals surface area contributed by atoms with Crippen molar-refractivity contribution in [3.8, 4) is 23.7 Å². The van der Waals surface area contributed by atoms with E-state index < -0.39 is 23.3 Å². The van der Waals surface area contributed by atoms with Crippen molar-refractivity contribution in [2.75, 3.05) is 0 Å². The summed E-state index contributed by atoms with van der Waals surface area (Å²) < 4.78 is 54.3. The van der Waals surface area contributed by atoms with Crippen LogP contribution in [0, 0.1) is 79.6 Å². The van der Waals surface area contributed by atoms with Crippen molar-refractivity contribution in [2.24, 2.45) is 11.8 Å². The molecule has 220 valence electrons. The normalized spacial score (nSPS) is 15.7. The SMILES string of the molecule is Cc1ccc(C#Cc2ccc(C)c(F)c2F)cc1.Cc1ccc(C#Cc2ccc(CC3CCC(C)CC3)cc2)c(F)c1F. The van der Waals surface area contributed by atoms with Gasteiger partial charge in [0.2, 0.25) is 0 Å². The van der Waals surface area contributed by atoms with E-state index in [1.165, 1.54) is 56.4 Å². The average Bonchev–Trinajstić information content (AvgIpc) is 3.01. The molecule has 0 unspecified atom stereocenters. The average molecular weight is 581 g/mol. The third-order valence-corrected chi connectivity index (χ3v) is 7.90. The molecule has 1 aliphatic rings. The lowest BCUT2D eigenvalue weighted by Crippen LogP contribution is -2.14. The summed E-state index contributed by atoms with van der Waals surface area (Å²) in [6.45, 7) is 7.38. The first-order valence-corrected chi connectivity index (χ1v) is 14.7. The standard InChI is InChI=1S/C23H24F2.C16H12F2/c1-16-3-6-19(7-4-16)15-20-10-8-18(9-11-20)12-14-21-13-5-17(2)22(24)23(21)25;1-11-3-6-13(7-4-11)8-10-14-9-5-12(2)15(17)16(14)18/h5,8-11,13,16,19H,3-4,6-7,15H2,1-2H3;3-7,9H,1-2H3. The Balaban J connectivity index is 0.000000208. The van der Waals surface area contributed by atoms with Gasteiger partial charge in [-0.3, -0.25) is 0 Å². The highest BCUT2D eigenvalue weighted by atomic mass is 19.2. The number of aryl methyl sites for hydroxylation is 3. The summed E-state index contributed by atoms with van der Waals surface area (Å²) in [6.07, 6.45) is 6.44. The van der Waals surface area contributed by atoms with E-state index in [4.69, 9.17) is 0 Å². The van der Waals surface area contributed by atoms with Crippen LogP contribution in [0.15, 0.2) is 72.8 Å². The largest absolute Gasteiger partial charge is 0.203 e. The van der Waals surface area contributed by atoms with Gasteiger partial charge in [0.05, 0.1) is 11.1 Å². The molecule has 0 spiro atoms. The summed E-state index contributed by atoms with van der Waals surface area (Å²) in [7, 11) is 0. The molecule has 4 aromatic carbocycles. The zero-order valence-electron chi connectivity index (χ0n) is 25.1. The predicted octanol–water partition coefficient (Wildman–Crippen LogP) is 10.0. The van der Waals surface area contributed by atoms with Crippen LogP contribution in [0.4, 0.5) is 17.6 Å². The van der Waals surface area contributed by atoms with E-state index in [2.05, 4.69) is 42.7 Å². The van der Waals surface area contributed by atoms with Crippen LogP contribution in [-0.4, -0.2) is 0 Å². The zero-order valence-corrected chi connectivity index (χ0v) is 25.1. The fourth-order valence-corrected chi connectivity index (χ4v) is 4.99. The lowest BCUT2D eigenvalue weighted by atomic mass is 9.80. The molecule has 4 heteroatoms. The van der Waals surface area contributed by atoms with Crippen LogP contribution in [0.2, 0.25) is 0 Å². The molecule has 0 aromatic heterocycles. The van der Waals surface area contributed by atoms with Crippen molar-refractivity contribution in [1.29, 1.82) is 0 Å². The van der Waals surface area contributed by atoms with Gasteiger partial charge in [0.15, 0.2) is 23.3 Å². The van der Waals surface area contributed by atoms with Gasteiger partial charge in [-0.15, -0.1) is 0 Å². The van der Waals surface area contributed by atoms with E-state index in [0.717, 1.165) is 34.9 Å². The molecule has 0 nitrogen and oxygen atoms in total. The Labute approximate surface area is 253 Å². The quantitative estimate of drug-likeness (QED) is 0.164.